The van der Waals surface area contributed by atoms with Gasteiger partial charge < -0.3 is 5.32 Å². The molecule has 0 amide bonds. The molecule has 0 atom stereocenters. The minimum absolute atomic E-state index is 0.286. The second-order valence-corrected chi connectivity index (χ2v) is 7.17. The van der Waals surface area contributed by atoms with Gasteiger partial charge >= 0.3 is 0 Å². The first-order chi connectivity index (χ1) is 14.6. The van der Waals surface area contributed by atoms with Crippen LogP contribution in [0.2, 0.25) is 5.02 Å². The molecule has 0 aliphatic heterocycles. The zero-order chi connectivity index (χ0) is 20.7. The lowest BCUT2D eigenvalue weighted by molar-refractivity contribution is 0.750. The molecule has 146 valence electrons. The van der Waals surface area contributed by atoms with E-state index in [2.05, 4.69) is 10.3 Å². The van der Waals surface area contributed by atoms with Crippen molar-refractivity contribution in [3.63, 3.8) is 0 Å². The fourth-order valence-electron chi connectivity index (χ4n) is 3.41. The van der Waals surface area contributed by atoms with Crippen LogP contribution in [0.5, 0.6) is 0 Å². The van der Waals surface area contributed by atoms with Crippen molar-refractivity contribution in [3.8, 4) is 5.69 Å². The average molecular weight is 415 g/mol. The van der Waals surface area contributed by atoms with E-state index < -0.39 is 0 Å². The van der Waals surface area contributed by atoms with E-state index in [0.717, 1.165) is 5.69 Å². The number of fused-ring (bicyclic) bond motifs is 2. The monoisotopic (exact) mass is 414 g/mol. The van der Waals surface area contributed by atoms with Gasteiger partial charge in [0.2, 0.25) is 0 Å². The fraction of sp³-hybridized carbons (Fsp3) is 0. The number of rotatable bonds is 3. The summed E-state index contributed by atoms with van der Waals surface area (Å²) in [6.07, 6.45) is 1.57. The van der Waals surface area contributed by atoms with Gasteiger partial charge in [0.1, 0.15) is 5.22 Å². The van der Waals surface area contributed by atoms with Crippen molar-refractivity contribution in [2.24, 2.45) is 0 Å². The van der Waals surface area contributed by atoms with Gasteiger partial charge in [0.15, 0.2) is 5.65 Å². The Morgan fingerprint density at radius 1 is 0.833 bits per heavy atom. The molecule has 30 heavy (non-hydrogen) atoms. The highest BCUT2D eigenvalue weighted by Gasteiger charge is 2.16. The number of halogens is 1. The molecule has 0 unspecified atom stereocenters. The molecule has 0 aliphatic rings. The van der Waals surface area contributed by atoms with E-state index in [9.17, 15) is 9.59 Å². The molecule has 0 fully saturated rings. The minimum Gasteiger partial charge on any atom is -0.361 e. The first-order valence-corrected chi connectivity index (χ1v) is 9.65. The van der Waals surface area contributed by atoms with Crippen LogP contribution in [0.15, 0.2) is 88.5 Å². The van der Waals surface area contributed by atoms with Crippen molar-refractivity contribution >= 4 is 40.0 Å². The zero-order valence-corrected chi connectivity index (χ0v) is 16.4. The largest absolute Gasteiger partial charge is 0.361 e. The Morgan fingerprint density at radius 2 is 1.53 bits per heavy atom. The molecule has 3 aromatic carbocycles. The topological polar surface area (TPSA) is 68.4 Å². The lowest BCUT2D eigenvalue weighted by atomic mass is 10.2. The summed E-state index contributed by atoms with van der Waals surface area (Å²) in [5, 5.41) is 4.45. The summed E-state index contributed by atoms with van der Waals surface area (Å²) in [6.45, 7) is 0. The van der Waals surface area contributed by atoms with E-state index >= 15 is 0 Å². The highest BCUT2D eigenvalue weighted by Crippen LogP contribution is 2.13. The molecule has 1 N–H and O–H groups in total. The van der Waals surface area contributed by atoms with Crippen LogP contribution in [0.1, 0.15) is 0 Å². The fourth-order valence-corrected chi connectivity index (χ4v) is 3.54. The number of hydrogen-bond donors (Lipinski definition) is 1. The van der Waals surface area contributed by atoms with Crippen molar-refractivity contribution in [3.05, 3.63) is 110 Å². The normalized spacial score (nSPS) is 12.0. The molecule has 5 rings (SSSR count). The lowest BCUT2D eigenvalue weighted by Crippen LogP contribution is -2.30. The van der Waals surface area contributed by atoms with Crippen molar-refractivity contribution in [1.29, 1.82) is 0 Å². The Morgan fingerprint density at radius 3 is 2.30 bits per heavy atom. The molecular weight excluding hydrogens is 400 g/mol. The van der Waals surface area contributed by atoms with Gasteiger partial charge in [-0.2, -0.15) is 4.52 Å². The van der Waals surface area contributed by atoms with Gasteiger partial charge in [0.05, 0.1) is 16.6 Å². The van der Waals surface area contributed by atoms with E-state index in [-0.39, 0.29) is 22.0 Å². The quantitative estimate of drug-likeness (QED) is 0.492. The van der Waals surface area contributed by atoms with Crippen LogP contribution in [0.25, 0.3) is 28.4 Å². The molecule has 0 saturated heterocycles. The van der Waals surface area contributed by atoms with Crippen LogP contribution >= 0.6 is 11.6 Å². The third kappa shape index (κ3) is 2.94. The number of aromatic nitrogens is 3. The molecule has 0 saturated carbocycles. The van der Waals surface area contributed by atoms with E-state index in [4.69, 9.17) is 11.6 Å². The van der Waals surface area contributed by atoms with Gasteiger partial charge in [0.25, 0.3) is 11.1 Å². The third-order valence-electron chi connectivity index (χ3n) is 4.85. The number of nitrogens with zero attached hydrogens (tertiary/aromatic N) is 3. The van der Waals surface area contributed by atoms with Gasteiger partial charge in [-0.25, -0.2) is 9.67 Å². The molecule has 6 nitrogen and oxygen atoms in total. The Balaban J connectivity index is 1.85. The van der Waals surface area contributed by atoms with E-state index in [0.29, 0.717) is 21.6 Å². The number of hydrogen-bond acceptors (Lipinski definition) is 4. The number of para-hydroxylation sites is 2. The van der Waals surface area contributed by atoms with Gasteiger partial charge in [-0.05, 0) is 48.5 Å². The second kappa shape index (κ2) is 7.17. The second-order valence-electron chi connectivity index (χ2n) is 6.73. The summed E-state index contributed by atoms with van der Waals surface area (Å²) in [5.74, 6) is 0. The highest BCUT2D eigenvalue weighted by atomic mass is 35.5. The molecule has 0 spiro atoms. The molecule has 0 radical (unpaired) electrons. The average Bonchev–Trinajstić information content (AvgIpc) is 3.05. The summed E-state index contributed by atoms with van der Waals surface area (Å²) in [7, 11) is 0. The number of nitrogens with one attached hydrogen (secondary N) is 1. The molecule has 0 aliphatic carbocycles. The smallest absolute Gasteiger partial charge is 0.282 e. The van der Waals surface area contributed by atoms with Crippen LogP contribution in [0, 0.1) is 0 Å². The summed E-state index contributed by atoms with van der Waals surface area (Å²) < 4.78 is 2.68. The molecular formula is C23H15ClN4O2. The maximum Gasteiger partial charge on any atom is 0.282 e. The van der Waals surface area contributed by atoms with E-state index in [1.807, 2.05) is 24.3 Å². The van der Waals surface area contributed by atoms with E-state index in [1.165, 1.54) is 9.20 Å². The van der Waals surface area contributed by atoms with Crippen molar-refractivity contribution in [2.45, 2.75) is 0 Å². The molecule has 0 bridgehead atoms. The molecule has 5 aromatic rings. The molecule has 7 heteroatoms. The third-order valence-corrected chi connectivity index (χ3v) is 5.10. The van der Waals surface area contributed by atoms with Crippen molar-refractivity contribution in [1.82, 2.24) is 14.2 Å². The number of anilines is 1. The van der Waals surface area contributed by atoms with Crippen molar-refractivity contribution in [2.75, 3.05) is 5.32 Å². The first kappa shape index (κ1) is 18.1. The summed E-state index contributed by atoms with van der Waals surface area (Å²) in [4.78, 5) is 31.3. The maximum atomic E-state index is 13.4. The van der Waals surface area contributed by atoms with Crippen LogP contribution in [-0.2, 0) is 0 Å². The first-order valence-electron chi connectivity index (χ1n) is 9.28. The Hall–Kier alpha value is -3.90. The Kier molecular flexibility index (Phi) is 4.34. The lowest BCUT2D eigenvalue weighted by Gasteiger charge is -2.05. The molecule has 2 aromatic heterocycles. The van der Waals surface area contributed by atoms with Gasteiger partial charge in [0, 0.05) is 16.9 Å². The number of benzene rings is 3. The maximum absolute atomic E-state index is 13.4. The van der Waals surface area contributed by atoms with Crippen LogP contribution in [0.4, 0.5) is 5.69 Å². The van der Waals surface area contributed by atoms with Gasteiger partial charge in [-0.3, -0.25) is 9.59 Å². The zero-order valence-electron chi connectivity index (χ0n) is 15.6. The van der Waals surface area contributed by atoms with Crippen LogP contribution in [-0.4, -0.2) is 14.2 Å². The predicted molar refractivity (Wildman–Crippen MR) is 119 cm³/mol. The summed E-state index contributed by atoms with van der Waals surface area (Å²) in [6, 6.07) is 23.2. The standard InChI is InChI=1S/C23H15ClN4O2/c24-15-10-12-16(13-11-15)25-14-19-21-26-20-9-5-4-8-18(20)22(29)28(21)27(23(19)30)17-6-2-1-3-7-17/h1-14,25H/b19-14-. The Labute approximate surface area is 175 Å². The summed E-state index contributed by atoms with van der Waals surface area (Å²) in [5.41, 5.74) is 1.51. The summed E-state index contributed by atoms with van der Waals surface area (Å²) >= 11 is 5.94. The van der Waals surface area contributed by atoms with Crippen LogP contribution < -0.4 is 21.7 Å². The van der Waals surface area contributed by atoms with Gasteiger partial charge in [-0.1, -0.05) is 41.9 Å². The molecule has 2 heterocycles. The SMILES string of the molecule is O=c1/c(=C\Nc2ccc(Cl)cc2)c2nc3ccccc3c(=O)n2n1-c1ccccc1. The minimum atomic E-state index is -0.345. The predicted octanol–water partition coefficient (Wildman–Crippen LogP) is 3.22. The Bertz CT molecular complexity index is 1560. The van der Waals surface area contributed by atoms with Gasteiger partial charge in [-0.15, -0.1) is 0 Å². The highest BCUT2D eigenvalue weighted by molar-refractivity contribution is 6.30. The van der Waals surface area contributed by atoms with Crippen LogP contribution in [0.3, 0.4) is 0 Å². The van der Waals surface area contributed by atoms with E-state index in [1.54, 1.807) is 60.8 Å². The van der Waals surface area contributed by atoms with Crippen molar-refractivity contribution < 1.29 is 0 Å².